The third-order valence-electron chi connectivity index (χ3n) is 5.03. The Morgan fingerprint density at radius 2 is 1.79 bits per heavy atom. The molecule has 1 fully saturated rings. The minimum atomic E-state index is -0.783. The molecule has 7 heteroatoms. The molecule has 1 aliphatic heterocycles. The van der Waals surface area contributed by atoms with Gasteiger partial charge in [0.2, 0.25) is 0 Å². The van der Waals surface area contributed by atoms with E-state index in [1.807, 2.05) is 30.3 Å². The van der Waals surface area contributed by atoms with Gasteiger partial charge in [-0.2, -0.15) is 0 Å². The van der Waals surface area contributed by atoms with Gasteiger partial charge in [-0.15, -0.1) is 0 Å². The molecule has 1 aliphatic rings. The number of carbonyl (C=O) groups excluding carboxylic acids is 1. The van der Waals surface area contributed by atoms with Crippen LogP contribution in [0.3, 0.4) is 0 Å². The van der Waals surface area contributed by atoms with Gasteiger partial charge >= 0.3 is 6.09 Å². The summed E-state index contributed by atoms with van der Waals surface area (Å²) in [6.45, 7) is 4.58. The van der Waals surface area contributed by atoms with Gasteiger partial charge in [-0.1, -0.05) is 29.8 Å². The zero-order valence-electron chi connectivity index (χ0n) is 16.0. The number of nitrogens with two attached hydrogens (primary N) is 1. The summed E-state index contributed by atoms with van der Waals surface area (Å²) in [4.78, 5) is 16.1. The number of primary amides is 1. The van der Waals surface area contributed by atoms with Crippen molar-refractivity contribution in [1.29, 1.82) is 0 Å². The highest BCUT2D eigenvalue weighted by Gasteiger charge is 2.22. The smallest absolute Gasteiger partial charge is 0.405 e. The van der Waals surface area contributed by atoms with E-state index < -0.39 is 12.2 Å². The number of amides is 1. The lowest BCUT2D eigenvalue weighted by Crippen LogP contribution is -2.46. The first-order valence-electron chi connectivity index (χ1n) is 9.38. The molecular formula is C21H26ClN3O3. The lowest BCUT2D eigenvalue weighted by atomic mass is 10.1. The summed E-state index contributed by atoms with van der Waals surface area (Å²) in [7, 11) is 1.67. The van der Waals surface area contributed by atoms with Crippen molar-refractivity contribution in [1.82, 2.24) is 4.90 Å². The topological polar surface area (TPSA) is 68.0 Å². The second kappa shape index (κ2) is 9.66. The summed E-state index contributed by atoms with van der Waals surface area (Å²) in [6.07, 6.45) is -0.574. The summed E-state index contributed by atoms with van der Waals surface area (Å²) in [5.41, 5.74) is 7.25. The van der Waals surface area contributed by atoms with Crippen LogP contribution in [0.15, 0.2) is 48.5 Å². The van der Waals surface area contributed by atoms with Crippen molar-refractivity contribution in [2.75, 3.05) is 44.7 Å². The molecule has 0 saturated carbocycles. The molecule has 2 N–H and O–H groups in total. The first kappa shape index (κ1) is 20.3. The van der Waals surface area contributed by atoms with E-state index in [1.165, 1.54) is 5.69 Å². The third-order valence-corrected chi connectivity index (χ3v) is 5.37. The molecule has 1 atom stereocenters. The predicted octanol–water partition coefficient (Wildman–Crippen LogP) is 3.70. The quantitative estimate of drug-likeness (QED) is 0.763. The molecule has 1 saturated heterocycles. The third kappa shape index (κ3) is 5.30. The standard InChI is InChI=1S/C21H26ClN3O3/c1-27-17-8-6-16(7-9-17)25-14-12-24(13-15-25)11-10-20(28-21(23)26)18-4-2-3-5-19(18)22/h2-9,20H,10-15H2,1H3,(H2,23,26). The molecule has 28 heavy (non-hydrogen) atoms. The number of rotatable bonds is 7. The Bertz CT molecular complexity index is 777. The molecule has 0 spiro atoms. The molecule has 0 aliphatic carbocycles. The fourth-order valence-electron chi connectivity index (χ4n) is 3.48. The van der Waals surface area contributed by atoms with E-state index in [2.05, 4.69) is 21.9 Å². The van der Waals surface area contributed by atoms with E-state index in [9.17, 15) is 4.79 Å². The van der Waals surface area contributed by atoms with Gasteiger partial charge in [0.15, 0.2) is 0 Å². The van der Waals surface area contributed by atoms with Crippen LogP contribution in [-0.2, 0) is 4.74 Å². The van der Waals surface area contributed by atoms with Crippen LogP contribution >= 0.6 is 11.6 Å². The number of nitrogens with zero attached hydrogens (tertiary/aromatic N) is 2. The monoisotopic (exact) mass is 403 g/mol. The zero-order valence-corrected chi connectivity index (χ0v) is 16.8. The van der Waals surface area contributed by atoms with Crippen LogP contribution in [0.5, 0.6) is 5.75 Å². The van der Waals surface area contributed by atoms with Crippen molar-refractivity contribution >= 4 is 23.4 Å². The SMILES string of the molecule is COc1ccc(N2CCN(CCC(OC(N)=O)c3ccccc3Cl)CC2)cc1. The molecule has 1 amide bonds. The van der Waals surface area contributed by atoms with Crippen molar-refractivity contribution in [3.05, 3.63) is 59.1 Å². The molecule has 6 nitrogen and oxygen atoms in total. The summed E-state index contributed by atoms with van der Waals surface area (Å²) >= 11 is 6.27. The Morgan fingerprint density at radius 1 is 1.11 bits per heavy atom. The number of hydrogen-bond acceptors (Lipinski definition) is 5. The van der Waals surface area contributed by atoms with Crippen molar-refractivity contribution < 1.29 is 14.3 Å². The predicted molar refractivity (Wildman–Crippen MR) is 111 cm³/mol. The largest absolute Gasteiger partial charge is 0.497 e. The highest BCUT2D eigenvalue weighted by atomic mass is 35.5. The van der Waals surface area contributed by atoms with E-state index in [0.717, 1.165) is 44.0 Å². The molecular weight excluding hydrogens is 378 g/mol. The van der Waals surface area contributed by atoms with Gasteiger partial charge in [-0.05, 0) is 30.3 Å². The number of ether oxygens (including phenoxy) is 2. The van der Waals surface area contributed by atoms with E-state index in [1.54, 1.807) is 13.2 Å². The first-order chi connectivity index (χ1) is 13.6. The Hall–Kier alpha value is -2.44. The highest BCUT2D eigenvalue weighted by molar-refractivity contribution is 6.31. The summed E-state index contributed by atoms with van der Waals surface area (Å²) in [5, 5.41) is 0.582. The van der Waals surface area contributed by atoms with Crippen LogP contribution in [0.4, 0.5) is 10.5 Å². The lowest BCUT2D eigenvalue weighted by molar-refractivity contribution is 0.0911. The molecule has 2 aromatic carbocycles. The number of anilines is 1. The van der Waals surface area contributed by atoms with Crippen molar-refractivity contribution in [2.24, 2.45) is 5.73 Å². The second-order valence-electron chi connectivity index (χ2n) is 6.76. The van der Waals surface area contributed by atoms with Gasteiger partial charge < -0.3 is 20.1 Å². The summed E-state index contributed by atoms with van der Waals surface area (Å²) < 4.78 is 10.5. The number of halogens is 1. The fourth-order valence-corrected chi connectivity index (χ4v) is 3.73. The second-order valence-corrected chi connectivity index (χ2v) is 7.17. The van der Waals surface area contributed by atoms with Crippen molar-refractivity contribution in [3.8, 4) is 5.75 Å². The Balaban J connectivity index is 1.54. The number of methoxy groups -OCH3 is 1. The molecule has 2 aromatic rings. The minimum Gasteiger partial charge on any atom is -0.497 e. The van der Waals surface area contributed by atoms with E-state index >= 15 is 0 Å². The van der Waals surface area contributed by atoms with Crippen LogP contribution in [0.1, 0.15) is 18.1 Å². The summed E-state index contributed by atoms with van der Waals surface area (Å²) in [6, 6.07) is 15.5. The van der Waals surface area contributed by atoms with Crippen molar-refractivity contribution in [2.45, 2.75) is 12.5 Å². The molecule has 1 heterocycles. The van der Waals surface area contributed by atoms with Gasteiger partial charge in [0.05, 0.1) is 7.11 Å². The van der Waals surface area contributed by atoms with Crippen molar-refractivity contribution in [3.63, 3.8) is 0 Å². The van der Waals surface area contributed by atoms with E-state index in [-0.39, 0.29) is 0 Å². The average Bonchev–Trinajstić information content (AvgIpc) is 2.72. The van der Waals surface area contributed by atoms with Crippen LogP contribution in [0.2, 0.25) is 5.02 Å². The fraction of sp³-hybridized carbons (Fsp3) is 0.381. The van der Waals surface area contributed by atoms with E-state index in [0.29, 0.717) is 11.4 Å². The number of carbonyl (C=O) groups is 1. The maximum atomic E-state index is 11.3. The lowest BCUT2D eigenvalue weighted by Gasteiger charge is -2.36. The molecule has 0 aromatic heterocycles. The van der Waals surface area contributed by atoms with Gasteiger partial charge in [0.25, 0.3) is 0 Å². The van der Waals surface area contributed by atoms with Crippen LogP contribution in [0, 0.1) is 0 Å². The van der Waals surface area contributed by atoms with Gasteiger partial charge in [0.1, 0.15) is 11.9 Å². The van der Waals surface area contributed by atoms with Gasteiger partial charge in [-0.3, -0.25) is 4.90 Å². The molecule has 150 valence electrons. The maximum absolute atomic E-state index is 11.3. The summed E-state index contributed by atoms with van der Waals surface area (Å²) in [5.74, 6) is 0.863. The van der Waals surface area contributed by atoms with Gasteiger partial charge in [-0.25, -0.2) is 4.79 Å². The minimum absolute atomic E-state index is 0.439. The maximum Gasteiger partial charge on any atom is 0.405 e. The Morgan fingerprint density at radius 3 is 2.39 bits per heavy atom. The normalized spacial score (nSPS) is 15.9. The van der Waals surface area contributed by atoms with Crippen LogP contribution in [-0.4, -0.2) is 50.8 Å². The Labute approximate surface area is 170 Å². The van der Waals surface area contributed by atoms with Crippen LogP contribution < -0.4 is 15.4 Å². The average molecular weight is 404 g/mol. The molecule has 0 radical (unpaired) electrons. The number of piperazine rings is 1. The number of benzene rings is 2. The highest BCUT2D eigenvalue weighted by Crippen LogP contribution is 2.28. The first-order valence-corrected chi connectivity index (χ1v) is 9.76. The zero-order chi connectivity index (χ0) is 19.9. The molecule has 1 unspecified atom stereocenters. The Kier molecular flexibility index (Phi) is 7.01. The van der Waals surface area contributed by atoms with Gasteiger partial charge in [0, 0.05) is 55.4 Å². The molecule has 3 rings (SSSR count). The van der Waals surface area contributed by atoms with Crippen LogP contribution in [0.25, 0.3) is 0 Å². The van der Waals surface area contributed by atoms with E-state index in [4.69, 9.17) is 26.8 Å². The molecule has 0 bridgehead atoms. The number of hydrogen-bond donors (Lipinski definition) is 1.